The zero-order valence-corrected chi connectivity index (χ0v) is 13.3. The highest BCUT2D eigenvalue weighted by Gasteiger charge is 2.16. The quantitative estimate of drug-likeness (QED) is 0.900. The van der Waals surface area contributed by atoms with Crippen LogP contribution in [0.2, 0.25) is 0 Å². The van der Waals surface area contributed by atoms with Crippen LogP contribution in [0.25, 0.3) is 0 Å². The molecule has 1 aromatic heterocycles. The minimum atomic E-state index is -0.608. The van der Waals surface area contributed by atoms with Gasteiger partial charge < -0.3 is 9.84 Å². The summed E-state index contributed by atoms with van der Waals surface area (Å²) >= 11 is 0. The number of ether oxygens (including phenoxy) is 1. The van der Waals surface area contributed by atoms with Crippen LogP contribution >= 0.6 is 0 Å². The molecule has 1 unspecified atom stereocenters. The van der Waals surface area contributed by atoms with Crippen LogP contribution in [0.4, 0.5) is 0 Å². The van der Waals surface area contributed by atoms with E-state index in [-0.39, 0.29) is 5.41 Å². The van der Waals surface area contributed by atoms with Crippen molar-refractivity contribution in [3.63, 3.8) is 0 Å². The van der Waals surface area contributed by atoms with E-state index in [1.54, 1.807) is 19.2 Å². The van der Waals surface area contributed by atoms with Gasteiger partial charge in [-0.15, -0.1) is 0 Å². The number of hydrogen-bond acceptors (Lipinski definition) is 3. The van der Waals surface area contributed by atoms with Crippen LogP contribution in [-0.4, -0.2) is 10.1 Å². The van der Waals surface area contributed by atoms with Gasteiger partial charge in [0.1, 0.15) is 5.75 Å². The standard InChI is InChI=1S/C18H23NO2/c1-12-11-14(18(3,4)5)8-9-16(12)21-17-15(13(2)20)7-6-10-19-17/h6-11,13,20H,1-5H3. The van der Waals surface area contributed by atoms with Crippen LogP contribution in [0.5, 0.6) is 11.6 Å². The van der Waals surface area contributed by atoms with Gasteiger partial charge in [-0.1, -0.05) is 32.9 Å². The first kappa shape index (κ1) is 15.5. The summed E-state index contributed by atoms with van der Waals surface area (Å²) in [5.74, 6) is 1.22. The van der Waals surface area contributed by atoms with Gasteiger partial charge in [0.25, 0.3) is 0 Å². The summed E-state index contributed by atoms with van der Waals surface area (Å²) in [7, 11) is 0. The Balaban J connectivity index is 2.33. The number of pyridine rings is 1. The van der Waals surface area contributed by atoms with E-state index < -0.39 is 6.10 Å². The number of aliphatic hydroxyl groups is 1. The van der Waals surface area contributed by atoms with Gasteiger partial charge in [-0.25, -0.2) is 4.98 Å². The lowest BCUT2D eigenvalue weighted by Gasteiger charge is -2.21. The second-order valence-corrected chi connectivity index (χ2v) is 6.41. The van der Waals surface area contributed by atoms with E-state index in [1.165, 1.54) is 5.56 Å². The predicted molar refractivity (Wildman–Crippen MR) is 84.8 cm³/mol. The Labute approximate surface area is 126 Å². The summed E-state index contributed by atoms with van der Waals surface area (Å²) in [6.07, 6.45) is 1.06. The lowest BCUT2D eigenvalue weighted by Crippen LogP contribution is -2.11. The SMILES string of the molecule is Cc1cc(C(C)(C)C)ccc1Oc1ncccc1C(C)O. The van der Waals surface area contributed by atoms with E-state index in [0.29, 0.717) is 11.4 Å². The van der Waals surface area contributed by atoms with Gasteiger partial charge in [0.15, 0.2) is 0 Å². The number of aromatic nitrogens is 1. The van der Waals surface area contributed by atoms with Gasteiger partial charge in [-0.3, -0.25) is 0 Å². The van der Waals surface area contributed by atoms with Gasteiger partial charge >= 0.3 is 0 Å². The number of aliphatic hydroxyl groups excluding tert-OH is 1. The highest BCUT2D eigenvalue weighted by Crippen LogP contribution is 2.32. The Hall–Kier alpha value is -1.87. The van der Waals surface area contributed by atoms with Crippen molar-refractivity contribution < 1.29 is 9.84 Å². The maximum atomic E-state index is 9.78. The van der Waals surface area contributed by atoms with Crippen molar-refractivity contribution in [2.75, 3.05) is 0 Å². The normalized spacial score (nSPS) is 13.0. The Morgan fingerprint density at radius 3 is 2.48 bits per heavy atom. The number of rotatable bonds is 3. The monoisotopic (exact) mass is 285 g/mol. The molecule has 1 heterocycles. The van der Waals surface area contributed by atoms with Crippen LogP contribution in [0.15, 0.2) is 36.5 Å². The molecule has 112 valence electrons. The summed E-state index contributed by atoms with van der Waals surface area (Å²) in [5.41, 5.74) is 3.13. The number of hydrogen-bond donors (Lipinski definition) is 1. The van der Waals surface area contributed by atoms with Crippen molar-refractivity contribution in [1.82, 2.24) is 4.98 Å². The zero-order chi connectivity index (χ0) is 15.6. The van der Waals surface area contributed by atoms with Gasteiger partial charge in [0.05, 0.1) is 6.10 Å². The van der Waals surface area contributed by atoms with Crippen molar-refractivity contribution in [1.29, 1.82) is 0 Å². The Morgan fingerprint density at radius 1 is 1.19 bits per heavy atom. The number of nitrogens with zero attached hydrogens (tertiary/aromatic N) is 1. The molecule has 0 saturated heterocycles. The van der Waals surface area contributed by atoms with Gasteiger partial charge in [-0.2, -0.15) is 0 Å². The molecule has 0 amide bonds. The molecule has 0 radical (unpaired) electrons. The molecular weight excluding hydrogens is 262 g/mol. The maximum absolute atomic E-state index is 9.78. The Kier molecular flexibility index (Phi) is 4.33. The minimum Gasteiger partial charge on any atom is -0.438 e. The Bertz CT molecular complexity index is 627. The number of benzene rings is 1. The Morgan fingerprint density at radius 2 is 1.90 bits per heavy atom. The van der Waals surface area contributed by atoms with Gasteiger partial charge in [-0.05, 0) is 48.6 Å². The molecule has 3 heteroatoms. The summed E-state index contributed by atoms with van der Waals surface area (Å²) in [5, 5.41) is 9.78. The van der Waals surface area contributed by atoms with Crippen molar-refractivity contribution in [2.24, 2.45) is 0 Å². The molecule has 2 aromatic rings. The third-order valence-corrected chi connectivity index (χ3v) is 3.50. The molecule has 21 heavy (non-hydrogen) atoms. The molecule has 2 rings (SSSR count). The van der Waals surface area contributed by atoms with Gasteiger partial charge in [0.2, 0.25) is 5.88 Å². The molecule has 1 N–H and O–H groups in total. The second-order valence-electron chi connectivity index (χ2n) is 6.41. The molecule has 3 nitrogen and oxygen atoms in total. The van der Waals surface area contributed by atoms with E-state index in [1.807, 2.05) is 19.1 Å². The first-order chi connectivity index (χ1) is 9.79. The molecule has 0 aliphatic rings. The molecule has 0 bridgehead atoms. The fraction of sp³-hybridized carbons (Fsp3) is 0.389. The minimum absolute atomic E-state index is 0.110. The van der Waals surface area contributed by atoms with E-state index in [9.17, 15) is 5.11 Å². The zero-order valence-electron chi connectivity index (χ0n) is 13.3. The molecule has 0 saturated carbocycles. The fourth-order valence-corrected chi connectivity index (χ4v) is 2.14. The lowest BCUT2D eigenvalue weighted by atomic mass is 9.86. The van der Waals surface area contributed by atoms with E-state index in [0.717, 1.165) is 11.3 Å². The topological polar surface area (TPSA) is 42.4 Å². The summed E-state index contributed by atoms with van der Waals surface area (Å²) in [4.78, 5) is 4.23. The lowest BCUT2D eigenvalue weighted by molar-refractivity contribution is 0.194. The van der Waals surface area contributed by atoms with Crippen molar-refractivity contribution in [3.8, 4) is 11.6 Å². The highest BCUT2D eigenvalue weighted by atomic mass is 16.5. The average molecular weight is 285 g/mol. The summed E-state index contributed by atoms with van der Waals surface area (Å²) in [6, 6.07) is 9.81. The summed E-state index contributed by atoms with van der Waals surface area (Å²) < 4.78 is 5.90. The number of aryl methyl sites for hydroxylation is 1. The molecular formula is C18H23NO2. The maximum Gasteiger partial charge on any atom is 0.225 e. The van der Waals surface area contributed by atoms with Gasteiger partial charge in [0, 0.05) is 11.8 Å². The molecule has 1 aromatic carbocycles. The first-order valence-electron chi connectivity index (χ1n) is 7.21. The van der Waals surface area contributed by atoms with Crippen LogP contribution in [0, 0.1) is 6.92 Å². The largest absolute Gasteiger partial charge is 0.438 e. The van der Waals surface area contributed by atoms with Crippen LogP contribution in [-0.2, 0) is 5.41 Å². The third-order valence-electron chi connectivity index (χ3n) is 3.50. The van der Waals surface area contributed by atoms with Crippen molar-refractivity contribution in [3.05, 3.63) is 53.2 Å². The second kappa shape index (κ2) is 5.86. The van der Waals surface area contributed by atoms with E-state index >= 15 is 0 Å². The fourth-order valence-electron chi connectivity index (χ4n) is 2.14. The molecule has 0 fully saturated rings. The third kappa shape index (κ3) is 3.61. The van der Waals surface area contributed by atoms with E-state index in [4.69, 9.17) is 4.74 Å². The van der Waals surface area contributed by atoms with Crippen molar-refractivity contribution in [2.45, 2.75) is 46.1 Å². The smallest absolute Gasteiger partial charge is 0.225 e. The molecule has 1 atom stereocenters. The predicted octanol–water partition coefficient (Wildman–Crippen LogP) is 4.53. The summed E-state index contributed by atoms with van der Waals surface area (Å²) in [6.45, 7) is 10.3. The van der Waals surface area contributed by atoms with Crippen LogP contribution < -0.4 is 4.74 Å². The molecule has 0 aliphatic carbocycles. The van der Waals surface area contributed by atoms with E-state index in [2.05, 4.69) is 37.9 Å². The molecule has 0 spiro atoms. The van der Waals surface area contributed by atoms with Crippen molar-refractivity contribution >= 4 is 0 Å². The average Bonchev–Trinajstić information content (AvgIpc) is 2.40. The first-order valence-corrected chi connectivity index (χ1v) is 7.21. The molecule has 0 aliphatic heterocycles. The van der Waals surface area contributed by atoms with Crippen LogP contribution in [0.3, 0.4) is 0 Å². The highest BCUT2D eigenvalue weighted by molar-refractivity contribution is 5.42. The van der Waals surface area contributed by atoms with Crippen LogP contribution in [0.1, 0.15) is 50.5 Å².